The SMILES string of the molecule is CCOC(Cc1ccc(C(=N)N)cc1NC(=O)NCc1ccccc1)(C(N)=O)c1ccc(OC)cc1F. The molecule has 0 radical (unpaired) electrons. The predicted octanol–water partition coefficient (Wildman–Crippen LogP) is 3.40. The largest absolute Gasteiger partial charge is 0.497 e. The zero-order valence-corrected chi connectivity index (χ0v) is 20.6. The molecule has 3 aromatic carbocycles. The molecule has 0 heterocycles. The number of primary amides is 1. The summed E-state index contributed by atoms with van der Waals surface area (Å²) in [5.41, 5.74) is 11.4. The lowest BCUT2D eigenvalue weighted by molar-refractivity contribution is -0.145. The molecule has 3 rings (SSSR count). The van der Waals surface area contributed by atoms with Crippen molar-refractivity contribution in [2.75, 3.05) is 19.0 Å². The molecule has 1 unspecified atom stereocenters. The van der Waals surface area contributed by atoms with Crippen LogP contribution >= 0.6 is 0 Å². The number of anilines is 1. The number of hydrogen-bond acceptors (Lipinski definition) is 5. The van der Waals surface area contributed by atoms with Gasteiger partial charge in [0.1, 0.15) is 17.4 Å². The lowest BCUT2D eigenvalue weighted by Crippen LogP contribution is -2.46. The highest BCUT2D eigenvalue weighted by atomic mass is 19.1. The molecule has 37 heavy (non-hydrogen) atoms. The van der Waals surface area contributed by atoms with Gasteiger partial charge in [-0.25, -0.2) is 9.18 Å². The number of ether oxygens (including phenoxy) is 2. The third-order valence-corrected chi connectivity index (χ3v) is 5.80. The van der Waals surface area contributed by atoms with Crippen LogP contribution in [0.15, 0.2) is 66.7 Å². The zero-order chi connectivity index (χ0) is 27.0. The molecule has 9 nitrogen and oxygen atoms in total. The Morgan fingerprint density at radius 1 is 1.05 bits per heavy atom. The lowest BCUT2D eigenvalue weighted by Gasteiger charge is -2.32. The fraction of sp³-hybridized carbons (Fsp3) is 0.222. The first-order valence-corrected chi connectivity index (χ1v) is 11.5. The van der Waals surface area contributed by atoms with Gasteiger partial charge in [-0.3, -0.25) is 10.2 Å². The van der Waals surface area contributed by atoms with Crippen molar-refractivity contribution in [3.63, 3.8) is 0 Å². The fourth-order valence-electron chi connectivity index (χ4n) is 3.94. The van der Waals surface area contributed by atoms with E-state index >= 15 is 4.39 Å². The molecule has 0 aliphatic rings. The molecule has 194 valence electrons. The normalized spacial score (nSPS) is 12.3. The summed E-state index contributed by atoms with van der Waals surface area (Å²) in [5, 5.41) is 13.3. The lowest BCUT2D eigenvalue weighted by atomic mass is 9.84. The number of amides is 3. The monoisotopic (exact) mass is 507 g/mol. The Kier molecular flexibility index (Phi) is 8.81. The third-order valence-electron chi connectivity index (χ3n) is 5.80. The van der Waals surface area contributed by atoms with Crippen molar-refractivity contribution in [1.82, 2.24) is 5.32 Å². The average molecular weight is 508 g/mol. The van der Waals surface area contributed by atoms with Gasteiger partial charge in [0.25, 0.3) is 5.91 Å². The van der Waals surface area contributed by atoms with E-state index in [0.717, 1.165) is 11.6 Å². The second-order valence-corrected chi connectivity index (χ2v) is 8.23. The first kappa shape index (κ1) is 27.2. The molecule has 7 N–H and O–H groups in total. The number of rotatable bonds is 11. The summed E-state index contributed by atoms with van der Waals surface area (Å²) >= 11 is 0. The van der Waals surface area contributed by atoms with Crippen LogP contribution in [0.5, 0.6) is 5.75 Å². The summed E-state index contributed by atoms with van der Waals surface area (Å²) < 4.78 is 26.1. The molecule has 0 aliphatic carbocycles. The van der Waals surface area contributed by atoms with Crippen molar-refractivity contribution in [3.05, 3.63) is 94.8 Å². The first-order valence-electron chi connectivity index (χ1n) is 11.5. The molecule has 3 aromatic rings. The first-order chi connectivity index (χ1) is 17.7. The Morgan fingerprint density at radius 2 is 1.78 bits per heavy atom. The van der Waals surface area contributed by atoms with Crippen LogP contribution in [0, 0.1) is 11.2 Å². The van der Waals surface area contributed by atoms with Gasteiger partial charge in [0.2, 0.25) is 0 Å². The maximum atomic E-state index is 15.2. The minimum absolute atomic E-state index is 0.0558. The van der Waals surface area contributed by atoms with Gasteiger partial charge in [0.15, 0.2) is 5.60 Å². The molecule has 0 spiro atoms. The average Bonchev–Trinajstić information content (AvgIpc) is 2.88. The van der Waals surface area contributed by atoms with Crippen LogP contribution in [0.3, 0.4) is 0 Å². The Balaban J connectivity index is 2.00. The van der Waals surface area contributed by atoms with Gasteiger partial charge in [0, 0.05) is 42.5 Å². The molecule has 1 atom stereocenters. The summed E-state index contributed by atoms with van der Waals surface area (Å²) in [5.74, 6) is -1.60. The number of halogens is 1. The molecule has 0 fully saturated rings. The maximum absolute atomic E-state index is 15.2. The second-order valence-electron chi connectivity index (χ2n) is 8.23. The van der Waals surface area contributed by atoms with Crippen molar-refractivity contribution in [3.8, 4) is 5.75 Å². The molecular formula is C27H30FN5O4. The summed E-state index contributed by atoms with van der Waals surface area (Å²) in [6, 6.07) is 17.5. The molecule has 0 aliphatic heterocycles. The molecule has 0 saturated carbocycles. The number of nitrogens with one attached hydrogen (secondary N) is 3. The van der Waals surface area contributed by atoms with Gasteiger partial charge >= 0.3 is 6.03 Å². The summed E-state index contributed by atoms with van der Waals surface area (Å²) in [7, 11) is 1.40. The van der Waals surface area contributed by atoms with E-state index in [1.807, 2.05) is 30.3 Å². The number of nitrogens with two attached hydrogens (primary N) is 2. The third kappa shape index (κ3) is 6.42. The van der Waals surface area contributed by atoms with Crippen molar-refractivity contribution in [1.29, 1.82) is 5.41 Å². The highest BCUT2D eigenvalue weighted by molar-refractivity contribution is 5.98. The molecule has 0 aromatic heterocycles. The quantitative estimate of drug-likeness (QED) is 0.199. The Bertz CT molecular complexity index is 1290. The molecule has 10 heteroatoms. The van der Waals surface area contributed by atoms with E-state index in [0.29, 0.717) is 11.1 Å². The van der Waals surface area contributed by atoms with Crippen LogP contribution in [-0.4, -0.2) is 31.5 Å². The van der Waals surface area contributed by atoms with Crippen LogP contribution in [0.4, 0.5) is 14.9 Å². The van der Waals surface area contributed by atoms with E-state index in [4.69, 9.17) is 26.4 Å². The number of carbonyl (C=O) groups is 2. The van der Waals surface area contributed by atoms with Gasteiger partial charge in [-0.15, -0.1) is 0 Å². The van der Waals surface area contributed by atoms with Crippen LogP contribution in [0.2, 0.25) is 0 Å². The van der Waals surface area contributed by atoms with Crippen LogP contribution < -0.4 is 26.8 Å². The van der Waals surface area contributed by atoms with E-state index in [1.54, 1.807) is 19.1 Å². The van der Waals surface area contributed by atoms with Gasteiger partial charge in [-0.1, -0.05) is 42.5 Å². The molecular weight excluding hydrogens is 477 g/mol. The van der Waals surface area contributed by atoms with Crippen LogP contribution in [-0.2, 0) is 28.1 Å². The second kappa shape index (κ2) is 12.0. The zero-order valence-electron chi connectivity index (χ0n) is 20.6. The van der Waals surface area contributed by atoms with Crippen molar-refractivity contribution >= 4 is 23.5 Å². The number of amidine groups is 1. The number of carbonyl (C=O) groups excluding carboxylic acids is 2. The van der Waals surface area contributed by atoms with Crippen molar-refractivity contribution in [2.24, 2.45) is 11.5 Å². The predicted molar refractivity (Wildman–Crippen MR) is 139 cm³/mol. The van der Waals surface area contributed by atoms with E-state index in [9.17, 15) is 9.59 Å². The van der Waals surface area contributed by atoms with Gasteiger partial charge < -0.3 is 31.6 Å². The standard InChI is InChI=1S/C27H30FN5O4/c1-3-37-27(25(31)34,21-12-11-20(36-2)14-22(21)28)15-19-10-9-18(24(29)30)13-23(19)33-26(35)32-16-17-7-5-4-6-8-17/h4-14H,3,15-16H2,1-2H3,(H3,29,30)(H2,31,34)(H2,32,33,35). The van der Waals surface area contributed by atoms with Gasteiger partial charge in [-0.2, -0.15) is 0 Å². The van der Waals surface area contributed by atoms with Crippen LogP contribution in [0.1, 0.15) is 29.2 Å². The number of nitrogen functional groups attached to an aromatic ring is 1. The number of hydrogen-bond donors (Lipinski definition) is 5. The number of benzene rings is 3. The minimum Gasteiger partial charge on any atom is -0.497 e. The van der Waals surface area contributed by atoms with E-state index < -0.39 is 23.4 Å². The highest BCUT2D eigenvalue weighted by Gasteiger charge is 2.42. The Labute approximate surface area is 214 Å². The van der Waals surface area contributed by atoms with Crippen molar-refractivity contribution in [2.45, 2.75) is 25.5 Å². The van der Waals surface area contributed by atoms with E-state index in [1.165, 1.54) is 25.3 Å². The summed E-state index contributed by atoms with van der Waals surface area (Å²) in [4.78, 5) is 25.6. The smallest absolute Gasteiger partial charge is 0.319 e. The maximum Gasteiger partial charge on any atom is 0.319 e. The summed E-state index contributed by atoms with van der Waals surface area (Å²) in [6.07, 6.45) is -0.202. The van der Waals surface area contributed by atoms with Gasteiger partial charge in [-0.05, 0) is 36.2 Å². The number of methoxy groups -OCH3 is 1. The Hall–Kier alpha value is -4.44. The van der Waals surface area contributed by atoms with Crippen LogP contribution in [0.25, 0.3) is 0 Å². The Morgan fingerprint density at radius 3 is 2.38 bits per heavy atom. The molecule has 0 bridgehead atoms. The minimum atomic E-state index is -1.89. The fourth-order valence-corrected chi connectivity index (χ4v) is 3.94. The van der Waals surface area contributed by atoms with Crippen molar-refractivity contribution < 1.29 is 23.5 Å². The number of urea groups is 1. The molecule has 0 saturated heterocycles. The van der Waals surface area contributed by atoms with E-state index in [2.05, 4.69) is 10.6 Å². The molecule has 3 amide bonds. The highest BCUT2D eigenvalue weighted by Crippen LogP contribution is 2.36. The summed E-state index contributed by atoms with van der Waals surface area (Å²) in [6.45, 7) is 1.99. The van der Waals surface area contributed by atoms with E-state index in [-0.39, 0.29) is 42.4 Å². The van der Waals surface area contributed by atoms with Gasteiger partial charge in [0.05, 0.1) is 7.11 Å². The topological polar surface area (TPSA) is 153 Å².